The Bertz CT molecular complexity index is 1010. The van der Waals surface area contributed by atoms with Crippen molar-refractivity contribution in [2.24, 2.45) is 5.92 Å². The predicted octanol–water partition coefficient (Wildman–Crippen LogP) is 2.18. The summed E-state index contributed by atoms with van der Waals surface area (Å²) in [5, 5.41) is 0. The van der Waals surface area contributed by atoms with E-state index in [9.17, 15) is 17.8 Å². The van der Waals surface area contributed by atoms with Crippen molar-refractivity contribution < 1.29 is 22.5 Å². The summed E-state index contributed by atoms with van der Waals surface area (Å²) in [6, 6.07) is 11.2. The van der Waals surface area contributed by atoms with E-state index in [1.54, 1.807) is 12.1 Å². The number of rotatable bonds is 7. The molecule has 2 aromatic rings. The quantitative estimate of drug-likeness (QED) is 0.709. The van der Waals surface area contributed by atoms with Gasteiger partial charge in [0.05, 0.1) is 11.6 Å². The molecule has 5 rings (SSSR count). The zero-order chi connectivity index (χ0) is 21.5. The summed E-state index contributed by atoms with van der Waals surface area (Å²) < 4.78 is 44.7. The first-order valence-corrected chi connectivity index (χ1v) is 12.0. The van der Waals surface area contributed by atoms with Crippen molar-refractivity contribution in [2.45, 2.75) is 31.2 Å². The number of benzene rings is 2. The first-order valence-electron chi connectivity index (χ1n) is 10.9. The van der Waals surface area contributed by atoms with Crippen LogP contribution < -0.4 is 4.72 Å². The van der Waals surface area contributed by atoms with Gasteiger partial charge in [-0.15, -0.1) is 0 Å². The SMILES string of the molecule is O=C([C@@H]1C[C@H]1c1ccccc1-c1c(F)cccc1F)N1CC[C@H]1C[NH2+]S(=O)N1CCC1. The van der Waals surface area contributed by atoms with Gasteiger partial charge in [-0.05, 0) is 48.4 Å². The van der Waals surface area contributed by atoms with Crippen LogP contribution in [-0.2, 0) is 16.0 Å². The summed E-state index contributed by atoms with van der Waals surface area (Å²) in [6.07, 6.45) is 2.71. The molecule has 2 N–H and O–H groups in total. The molecule has 1 aliphatic carbocycles. The van der Waals surface area contributed by atoms with Crippen LogP contribution in [0.5, 0.6) is 0 Å². The molecule has 1 saturated carbocycles. The molecule has 4 atom stereocenters. The highest BCUT2D eigenvalue weighted by Gasteiger charge is 2.49. The topological polar surface area (TPSA) is 57.2 Å². The van der Waals surface area contributed by atoms with Crippen molar-refractivity contribution in [1.82, 2.24) is 9.21 Å². The zero-order valence-corrected chi connectivity index (χ0v) is 18.0. The van der Waals surface area contributed by atoms with Gasteiger partial charge in [-0.1, -0.05) is 30.3 Å². The molecule has 2 saturated heterocycles. The lowest BCUT2D eigenvalue weighted by Gasteiger charge is -2.40. The van der Waals surface area contributed by atoms with Crippen molar-refractivity contribution in [3.05, 3.63) is 59.7 Å². The largest absolute Gasteiger partial charge is 0.334 e. The summed E-state index contributed by atoms with van der Waals surface area (Å²) in [5.41, 5.74) is 1.32. The van der Waals surface area contributed by atoms with E-state index >= 15 is 0 Å². The van der Waals surface area contributed by atoms with Crippen molar-refractivity contribution >= 4 is 17.1 Å². The van der Waals surface area contributed by atoms with Crippen molar-refractivity contribution in [3.8, 4) is 11.1 Å². The molecule has 0 bridgehead atoms. The van der Waals surface area contributed by atoms with Crippen LogP contribution in [0.4, 0.5) is 8.78 Å². The molecule has 3 fully saturated rings. The standard InChI is InChI=1S/C23H25F2N3O2S/c24-20-7-3-8-21(25)22(20)17-6-2-1-5-16(17)18-13-19(18)23(29)28-12-9-15(28)14-26-31(30)27-10-4-11-27/h1-3,5-8,15,18-19,26H,4,9-14H2/p+1/t15-,18-,19+,31?/m0/s1. The first kappa shape index (κ1) is 20.7. The third kappa shape index (κ3) is 3.92. The van der Waals surface area contributed by atoms with Crippen LogP contribution in [0.25, 0.3) is 11.1 Å². The van der Waals surface area contributed by atoms with E-state index in [1.165, 1.54) is 18.2 Å². The lowest BCUT2D eigenvalue weighted by Crippen LogP contribution is -2.91. The Morgan fingerprint density at radius 3 is 2.45 bits per heavy atom. The Hall–Kier alpha value is -2.16. The lowest BCUT2D eigenvalue weighted by atomic mass is 9.94. The minimum absolute atomic E-state index is 0.0249. The van der Waals surface area contributed by atoms with Gasteiger partial charge in [0, 0.05) is 25.6 Å². The third-order valence-corrected chi connectivity index (χ3v) is 8.06. The molecule has 2 aliphatic heterocycles. The van der Waals surface area contributed by atoms with Gasteiger partial charge in [-0.2, -0.15) is 8.51 Å². The van der Waals surface area contributed by atoms with E-state index in [-0.39, 0.29) is 29.3 Å². The van der Waals surface area contributed by atoms with Gasteiger partial charge in [-0.25, -0.2) is 13.5 Å². The lowest BCUT2D eigenvalue weighted by molar-refractivity contribution is -0.504. The normalized spacial score (nSPS) is 26.1. The summed E-state index contributed by atoms with van der Waals surface area (Å²) in [5.74, 6) is -1.26. The number of likely N-dealkylation sites (tertiary alicyclic amines) is 1. The molecule has 2 aromatic carbocycles. The number of nitrogens with two attached hydrogens (primary N) is 1. The Morgan fingerprint density at radius 2 is 1.81 bits per heavy atom. The Morgan fingerprint density at radius 1 is 1.06 bits per heavy atom. The molecule has 1 unspecified atom stereocenters. The zero-order valence-electron chi connectivity index (χ0n) is 17.2. The van der Waals surface area contributed by atoms with Gasteiger partial charge in [0.25, 0.3) is 11.2 Å². The van der Waals surface area contributed by atoms with E-state index in [4.69, 9.17) is 0 Å². The van der Waals surface area contributed by atoms with E-state index in [1.807, 2.05) is 26.1 Å². The third-order valence-electron chi connectivity index (χ3n) is 6.71. The average molecular weight is 447 g/mol. The minimum Gasteiger partial charge on any atom is -0.334 e. The van der Waals surface area contributed by atoms with Crippen molar-refractivity contribution in [2.75, 3.05) is 26.2 Å². The van der Waals surface area contributed by atoms with Gasteiger partial charge in [-0.3, -0.25) is 4.79 Å². The molecule has 1 amide bonds. The average Bonchev–Trinajstić information content (AvgIpc) is 3.47. The van der Waals surface area contributed by atoms with Crippen LogP contribution >= 0.6 is 0 Å². The molecule has 5 nitrogen and oxygen atoms in total. The van der Waals surface area contributed by atoms with Crippen molar-refractivity contribution in [1.29, 1.82) is 0 Å². The van der Waals surface area contributed by atoms with Crippen molar-refractivity contribution in [3.63, 3.8) is 0 Å². The maximum absolute atomic E-state index is 14.4. The maximum Gasteiger partial charge on any atom is 0.287 e. The van der Waals surface area contributed by atoms with Crippen LogP contribution in [-0.4, -0.2) is 51.5 Å². The molecule has 0 radical (unpaired) electrons. The molecule has 2 heterocycles. The molecular formula is C23H26F2N3O2S+. The molecular weight excluding hydrogens is 420 g/mol. The number of nitrogens with zero attached hydrogens (tertiary/aromatic N) is 2. The maximum atomic E-state index is 14.4. The molecule has 3 aliphatic rings. The highest BCUT2D eigenvalue weighted by molar-refractivity contribution is 7.75. The van der Waals surface area contributed by atoms with E-state index in [0.717, 1.165) is 38.0 Å². The fourth-order valence-electron chi connectivity index (χ4n) is 4.57. The van der Waals surface area contributed by atoms with Crippen LogP contribution in [0.1, 0.15) is 30.7 Å². The minimum atomic E-state index is -1.06. The van der Waals surface area contributed by atoms with Gasteiger partial charge >= 0.3 is 0 Å². The highest BCUT2D eigenvalue weighted by atomic mass is 32.2. The second-order valence-electron chi connectivity index (χ2n) is 8.57. The monoisotopic (exact) mass is 446 g/mol. The van der Waals surface area contributed by atoms with E-state index in [0.29, 0.717) is 18.5 Å². The van der Waals surface area contributed by atoms with Crippen LogP contribution in [0.2, 0.25) is 0 Å². The number of quaternary nitrogens is 1. The Kier molecular flexibility index (Phi) is 5.62. The Labute approximate surface area is 183 Å². The summed E-state index contributed by atoms with van der Waals surface area (Å²) in [7, 11) is 0. The van der Waals surface area contributed by atoms with Crippen LogP contribution in [0.3, 0.4) is 0 Å². The second kappa shape index (κ2) is 8.41. The molecule has 8 heteroatoms. The van der Waals surface area contributed by atoms with Gasteiger partial charge in [0.1, 0.15) is 18.2 Å². The second-order valence-corrected chi connectivity index (χ2v) is 9.97. The molecule has 0 aromatic heterocycles. The summed E-state index contributed by atoms with van der Waals surface area (Å²) in [6.45, 7) is 3.12. The van der Waals surface area contributed by atoms with E-state index < -0.39 is 22.8 Å². The number of hydrogen-bond acceptors (Lipinski definition) is 2. The van der Waals surface area contributed by atoms with Gasteiger partial charge in [0.15, 0.2) is 0 Å². The summed E-state index contributed by atoms with van der Waals surface area (Å²) in [4.78, 5) is 15.0. The first-order chi connectivity index (χ1) is 15.0. The van der Waals surface area contributed by atoms with Crippen LogP contribution in [0, 0.1) is 17.6 Å². The fraction of sp³-hybridized carbons (Fsp3) is 0.435. The molecule has 164 valence electrons. The number of amides is 1. The van der Waals surface area contributed by atoms with E-state index in [2.05, 4.69) is 0 Å². The predicted molar refractivity (Wildman–Crippen MR) is 114 cm³/mol. The fourth-order valence-corrected chi connectivity index (χ4v) is 5.79. The number of carbonyl (C=O) groups is 1. The molecule has 31 heavy (non-hydrogen) atoms. The molecule has 0 spiro atoms. The smallest absolute Gasteiger partial charge is 0.287 e. The number of carbonyl (C=O) groups excluding carboxylic acids is 1. The van der Waals surface area contributed by atoms with Gasteiger partial charge in [0.2, 0.25) is 5.91 Å². The number of halogens is 2. The summed E-state index contributed by atoms with van der Waals surface area (Å²) >= 11 is -1.06. The van der Waals surface area contributed by atoms with Gasteiger partial charge < -0.3 is 4.90 Å². The van der Waals surface area contributed by atoms with Crippen LogP contribution in [0.15, 0.2) is 42.5 Å². The Balaban J connectivity index is 1.26. The highest BCUT2D eigenvalue weighted by Crippen LogP contribution is 2.52. The number of hydrogen-bond donors (Lipinski definition) is 1.